The van der Waals surface area contributed by atoms with E-state index >= 15 is 0 Å². The number of halogens is 2. The monoisotopic (exact) mass is 503 g/mol. The van der Waals surface area contributed by atoms with E-state index in [4.69, 9.17) is 4.74 Å². The summed E-state index contributed by atoms with van der Waals surface area (Å²) < 4.78 is 55.6. The lowest BCUT2D eigenvalue weighted by molar-refractivity contribution is -0.119. The van der Waals surface area contributed by atoms with E-state index in [2.05, 4.69) is 5.32 Å². The molecule has 174 valence electrons. The molecule has 0 radical (unpaired) electrons. The third-order valence-electron chi connectivity index (χ3n) is 4.87. The number of ketones is 1. The SMILES string of the molecule is O=C(COC(=O)c1ccc2c(c1)S(=O)(=O)c1ccccc1C2=O)Nc1ccc(SC(F)F)cc1. The number of nitrogens with one attached hydrogen (secondary N) is 1. The predicted octanol–water partition coefficient (Wildman–Crippen LogP) is 4.17. The number of ether oxygens (including phenoxy) is 1. The van der Waals surface area contributed by atoms with Crippen molar-refractivity contribution < 1.29 is 36.3 Å². The number of carbonyl (C=O) groups excluding carboxylic acids is 3. The fourth-order valence-electron chi connectivity index (χ4n) is 3.34. The highest BCUT2D eigenvalue weighted by Gasteiger charge is 2.35. The lowest BCUT2D eigenvalue weighted by Crippen LogP contribution is -2.22. The van der Waals surface area contributed by atoms with E-state index in [1.54, 1.807) is 6.07 Å². The van der Waals surface area contributed by atoms with E-state index in [-0.39, 0.29) is 26.5 Å². The van der Waals surface area contributed by atoms with Gasteiger partial charge >= 0.3 is 5.97 Å². The molecule has 0 aromatic heterocycles. The van der Waals surface area contributed by atoms with E-state index in [9.17, 15) is 31.6 Å². The lowest BCUT2D eigenvalue weighted by atomic mass is 10.0. The summed E-state index contributed by atoms with van der Waals surface area (Å²) in [6.07, 6.45) is 0. The van der Waals surface area contributed by atoms with Crippen molar-refractivity contribution in [3.05, 3.63) is 83.4 Å². The standard InChI is InChI=1S/C23H15F2NO6S2/c24-23(25)33-15-8-6-14(7-9-15)26-20(27)12-32-22(29)13-5-10-17-19(11-13)34(30,31)18-4-2-1-3-16(18)21(17)28/h1-11,23H,12H2,(H,26,27). The van der Waals surface area contributed by atoms with E-state index in [0.29, 0.717) is 22.3 Å². The van der Waals surface area contributed by atoms with Crippen LogP contribution in [0, 0.1) is 0 Å². The molecule has 34 heavy (non-hydrogen) atoms. The molecule has 7 nitrogen and oxygen atoms in total. The number of rotatable bonds is 6. The molecule has 1 aliphatic heterocycles. The molecule has 0 saturated carbocycles. The molecule has 0 saturated heterocycles. The van der Waals surface area contributed by atoms with Gasteiger partial charge in [-0.2, -0.15) is 8.78 Å². The molecular formula is C23H15F2NO6S2. The largest absolute Gasteiger partial charge is 0.452 e. The van der Waals surface area contributed by atoms with Crippen LogP contribution in [0.5, 0.6) is 0 Å². The van der Waals surface area contributed by atoms with Crippen molar-refractivity contribution in [2.75, 3.05) is 11.9 Å². The van der Waals surface area contributed by atoms with Gasteiger partial charge in [0.05, 0.1) is 15.4 Å². The lowest BCUT2D eigenvalue weighted by Gasteiger charge is -2.19. The molecule has 1 aliphatic rings. The molecule has 0 atom stereocenters. The molecule has 0 fully saturated rings. The summed E-state index contributed by atoms with van der Waals surface area (Å²) in [5, 5.41) is 2.46. The van der Waals surface area contributed by atoms with Gasteiger partial charge in [0.1, 0.15) is 0 Å². The van der Waals surface area contributed by atoms with Crippen LogP contribution in [0.3, 0.4) is 0 Å². The summed E-state index contributed by atoms with van der Waals surface area (Å²) in [7, 11) is -4.03. The van der Waals surface area contributed by atoms with Gasteiger partial charge in [-0.1, -0.05) is 23.9 Å². The van der Waals surface area contributed by atoms with Crippen molar-refractivity contribution >= 4 is 44.9 Å². The molecule has 3 aromatic rings. The van der Waals surface area contributed by atoms with Crippen LogP contribution < -0.4 is 5.32 Å². The third kappa shape index (κ3) is 4.70. The second kappa shape index (κ2) is 9.35. The van der Waals surface area contributed by atoms with Crippen LogP contribution in [-0.4, -0.2) is 38.4 Å². The Labute approximate surface area is 197 Å². The zero-order valence-electron chi connectivity index (χ0n) is 17.2. The average Bonchev–Trinajstić information content (AvgIpc) is 2.82. The number of fused-ring (bicyclic) bond motifs is 2. The van der Waals surface area contributed by atoms with Crippen LogP contribution in [0.2, 0.25) is 0 Å². The molecule has 1 amide bonds. The van der Waals surface area contributed by atoms with Gasteiger partial charge in [0.2, 0.25) is 9.84 Å². The number of alkyl halides is 2. The first-order chi connectivity index (χ1) is 16.2. The van der Waals surface area contributed by atoms with Crippen LogP contribution >= 0.6 is 11.8 Å². The average molecular weight is 504 g/mol. The Kier molecular flexibility index (Phi) is 6.49. The van der Waals surface area contributed by atoms with Crippen LogP contribution in [0.15, 0.2) is 81.4 Å². The van der Waals surface area contributed by atoms with Crippen LogP contribution in [-0.2, 0) is 19.4 Å². The molecule has 11 heteroatoms. The van der Waals surface area contributed by atoms with Crippen molar-refractivity contribution in [3.8, 4) is 0 Å². The van der Waals surface area contributed by atoms with Gasteiger partial charge in [0, 0.05) is 21.7 Å². The topological polar surface area (TPSA) is 107 Å². The predicted molar refractivity (Wildman–Crippen MR) is 119 cm³/mol. The molecular weight excluding hydrogens is 488 g/mol. The van der Waals surface area contributed by atoms with Crippen molar-refractivity contribution in [2.45, 2.75) is 20.4 Å². The molecule has 3 aromatic carbocycles. The number of amides is 1. The van der Waals surface area contributed by atoms with Crippen molar-refractivity contribution in [3.63, 3.8) is 0 Å². The van der Waals surface area contributed by atoms with E-state index in [0.717, 1.165) is 6.07 Å². The Morgan fingerprint density at radius 1 is 0.941 bits per heavy atom. The smallest absolute Gasteiger partial charge is 0.338 e. The normalized spacial score (nSPS) is 13.7. The van der Waals surface area contributed by atoms with Gasteiger partial charge in [-0.25, -0.2) is 13.2 Å². The van der Waals surface area contributed by atoms with Crippen molar-refractivity contribution in [1.82, 2.24) is 0 Å². The van der Waals surface area contributed by atoms with Gasteiger partial charge in [0.25, 0.3) is 11.7 Å². The quantitative estimate of drug-likeness (QED) is 0.311. The van der Waals surface area contributed by atoms with E-state index in [1.165, 1.54) is 54.6 Å². The number of thioether (sulfide) groups is 1. The summed E-state index contributed by atoms with van der Waals surface area (Å²) in [6, 6.07) is 15.0. The van der Waals surface area contributed by atoms with Gasteiger partial charge in [-0.3, -0.25) is 9.59 Å². The van der Waals surface area contributed by atoms with Gasteiger partial charge in [0.15, 0.2) is 12.4 Å². The fourth-order valence-corrected chi connectivity index (χ4v) is 5.52. The number of carbonyl (C=O) groups is 3. The molecule has 0 unspecified atom stereocenters. The van der Waals surface area contributed by atoms with Crippen molar-refractivity contribution in [1.29, 1.82) is 0 Å². The third-order valence-corrected chi connectivity index (χ3v) is 7.44. The van der Waals surface area contributed by atoms with E-state index in [1.807, 2.05) is 0 Å². The summed E-state index contributed by atoms with van der Waals surface area (Å²) in [5.41, 5.74) is 0.177. The minimum absolute atomic E-state index is 0.0542. The van der Waals surface area contributed by atoms with Crippen molar-refractivity contribution in [2.24, 2.45) is 0 Å². The number of anilines is 1. The molecule has 0 bridgehead atoms. The minimum atomic E-state index is -4.03. The Hall–Kier alpha value is -3.57. The number of hydrogen-bond donors (Lipinski definition) is 1. The fraction of sp³-hybridized carbons (Fsp3) is 0.0870. The first-order valence-electron chi connectivity index (χ1n) is 9.71. The number of esters is 1. The first kappa shape index (κ1) is 23.6. The molecule has 0 aliphatic carbocycles. The maximum absolute atomic E-state index is 13.0. The van der Waals surface area contributed by atoms with E-state index < -0.39 is 39.9 Å². The van der Waals surface area contributed by atoms with Crippen LogP contribution in [0.25, 0.3) is 0 Å². The second-order valence-corrected chi connectivity index (χ2v) is 10.0. The highest BCUT2D eigenvalue weighted by atomic mass is 32.2. The van der Waals surface area contributed by atoms with Crippen LogP contribution in [0.4, 0.5) is 14.5 Å². The maximum Gasteiger partial charge on any atom is 0.338 e. The number of sulfone groups is 1. The second-order valence-electron chi connectivity index (χ2n) is 7.07. The zero-order valence-corrected chi connectivity index (χ0v) is 18.8. The maximum atomic E-state index is 13.0. The summed E-state index contributed by atoms with van der Waals surface area (Å²) >= 11 is 0.364. The highest BCUT2D eigenvalue weighted by Crippen LogP contribution is 2.35. The summed E-state index contributed by atoms with van der Waals surface area (Å²) in [4.78, 5) is 37.0. The zero-order chi connectivity index (χ0) is 24.5. The highest BCUT2D eigenvalue weighted by molar-refractivity contribution is 7.99. The molecule has 1 N–H and O–H groups in total. The van der Waals surface area contributed by atoms with Gasteiger partial charge in [-0.15, -0.1) is 0 Å². The Bertz CT molecular complexity index is 1410. The molecule has 4 rings (SSSR count). The van der Waals surface area contributed by atoms with Gasteiger partial charge < -0.3 is 10.1 Å². The molecule has 1 heterocycles. The molecule has 0 spiro atoms. The number of benzene rings is 3. The first-order valence-corrected chi connectivity index (χ1v) is 12.1. The number of hydrogen-bond acceptors (Lipinski definition) is 7. The minimum Gasteiger partial charge on any atom is -0.452 e. The van der Waals surface area contributed by atoms with Crippen LogP contribution in [0.1, 0.15) is 26.3 Å². The summed E-state index contributed by atoms with van der Waals surface area (Å²) in [6.45, 7) is -0.669. The Morgan fingerprint density at radius 3 is 2.32 bits per heavy atom. The van der Waals surface area contributed by atoms with Gasteiger partial charge in [-0.05, 0) is 54.6 Å². The Morgan fingerprint density at radius 2 is 1.62 bits per heavy atom. The summed E-state index contributed by atoms with van der Waals surface area (Å²) in [5.74, 6) is -4.68. The Balaban J connectivity index is 1.44.